The zero-order chi connectivity index (χ0) is 13.5. The van der Waals surface area contributed by atoms with Gasteiger partial charge in [0.05, 0.1) is 5.60 Å². The van der Waals surface area contributed by atoms with Crippen molar-refractivity contribution in [3.05, 3.63) is 35.1 Å². The van der Waals surface area contributed by atoms with Gasteiger partial charge in [0.2, 0.25) is 0 Å². The number of hydrogen-bond acceptors (Lipinski definition) is 1. The van der Waals surface area contributed by atoms with Gasteiger partial charge in [0, 0.05) is 5.56 Å². The Labute approximate surface area is 105 Å². The van der Waals surface area contributed by atoms with Crippen LogP contribution in [0.3, 0.4) is 0 Å². The molecule has 3 unspecified atom stereocenters. The average Bonchev–Trinajstić information content (AvgIpc) is 2.31. The van der Waals surface area contributed by atoms with Crippen LogP contribution in [0.15, 0.2) is 12.1 Å². The highest BCUT2D eigenvalue weighted by molar-refractivity contribution is 5.27. The van der Waals surface area contributed by atoms with Crippen molar-refractivity contribution in [3.63, 3.8) is 0 Å². The van der Waals surface area contributed by atoms with E-state index >= 15 is 0 Å². The molecule has 4 heteroatoms. The van der Waals surface area contributed by atoms with Crippen LogP contribution in [0, 0.1) is 29.3 Å². The predicted octanol–water partition coefficient (Wildman–Crippen LogP) is 3.75. The molecule has 1 aliphatic carbocycles. The molecule has 2 rings (SSSR count). The summed E-state index contributed by atoms with van der Waals surface area (Å²) in [5, 5.41) is 10.6. The molecule has 1 aliphatic rings. The smallest absolute Gasteiger partial charge is 0.194 e. The largest absolute Gasteiger partial charge is 0.385 e. The van der Waals surface area contributed by atoms with E-state index in [2.05, 4.69) is 0 Å². The molecular formula is C14H17F3O. The summed E-state index contributed by atoms with van der Waals surface area (Å²) in [5.41, 5.74) is -1.53. The van der Waals surface area contributed by atoms with Gasteiger partial charge < -0.3 is 5.11 Å². The third-order valence-electron chi connectivity index (χ3n) is 4.07. The Balaban J connectivity index is 2.49. The van der Waals surface area contributed by atoms with Crippen LogP contribution >= 0.6 is 0 Å². The number of hydrogen-bond donors (Lipinski definition) is 1. The standard InChI is InChI=1S/C14H17F3O/c1-8-3-4-9(2)14(18,7-8)10-5-6-11(15)13(17)12(10)16/h5-6,8-9,18H,3-4,7H2,1-2H3. The summed E-state index contributed by atoms with van der Waals surface area (Å²) in [4.78, 5) is 0. The lowest BCUT2D eigenvalue weighted by Gasteiger charge is -2.41. The van der Waals surface area contributed by atoms with Gasteiger partial charge in [-0.25, -0.2) is 13.2 Å². The van der Waals surface area contributed by atoms with Gasteiger partial charge in [-0.1, -0.05) is 26.3 Å². The second kappa shape index (κ2) is 4.57. The van der Waals surface area contributed by atoms with Gasteiger partial charge in [-0.05, 0) is 30.7 Å². The second-order valence-corrected chi connectivity index (χ2v) is 5.43. The first kappa shape index (κ1) is 13.4. The zero-order valence-electron chi connectivity index (χ0n) is 10.5. The summed E-state index contributed by atoms with van der Waals surface area (Å²) in [7, 11) is 0. The third kappa shape index (κ3) is 2.03. The molecular weight excluding hydrogens is 241 g/mol. The maximum atomic E-state index is 13.8. The van der Waals surface area contributed by atoms with Gasteiger partial charge in [-0.3, -0.25) is 0 Å². The molecule has 18 heavy (non-hydrogen) atoms. The minimum Gasteiger partial charge on any atom is -0.385 e. The first-order valence-electron chi connectivity index (χ1n) is 6.22. The molecule has 0 aromatic heterocycles. The lowest BCUT2D eigenvalue weighted by Crippen LogP contribution is -2.40. The van der Waals surface area contributed by atoms with Gasteiger partial charge >= 0.3 is 0 Å². The van der Waals surface area contributed by atoms with E-state index in [4.69, 9.17) is 0 Å². The van der Waals surface area contributed by atoms with Gasteiger partial charge in [-0.15, -0.1) is 0 Å². The van der Waals surface area contributed by atoms with E-state index < -0.39 is 23.1 Å². The van der Waals surface area contributed by atoms with Crippen molar-refractivity contribution >= 4 is 0 Å². The fraction of sp³-hybridized carbons (Fsp3) is 0.571. The summed E-state index contributed by atoms with van der Waals surface area (Å²) < 4.78 is 40.0. The van der Waals surface area contributed by atoms with Crippen LogP contribution in [-0.4, -0.2) is 5.11 Å². The Morgan fingerprint density at radius 1 is 1.11 bits per heavy atom. The SMILES string of the molecule is CC1CCC(C)C(O)(c2ccc(F)c(F)c2F)C1. The Kier molecular flexibility index (Phi) is 3.41. The van der Waals surface area contributed by atoms with Gasteiger partial charge in [-0.2, -0.15) is 0 Å². The quantitative estimate of drug-likeness (QED) is 0.761. The van der Waals surface area contributed by atoms with Crippen molar-refractivity contribution in [3.8, 4) is 0 Å². The van der Waals surface area contributed by atoms with E-state index in [0.29, 0.717) is 6.42 Å². The molecule has 0 aliphatic heterocycles. The molecule has 3 atom stereocenters. The normalized spacial score (nSPS) is 32.6. The molecule has 100 valence electrons. The van der Waals surface area contributed by atoms with Crippen LogP contribution in [0.2, 0.25) is 0 Å². The van der Waals surface area contributed by atoms with Crippen molar-refractivity contribution in [2.75, 3.05) is 0 Å². The molecule has 1 aromatic carbocycles. The number of halogens is 3. The summed E-state index contributed by atoms with van der Waals surface area (Å²) in [5.74, 6) is -3.94. The Bertz CT molecular complexity index is 461. The average molecular weight is 258 g/mol. The number of benzene rings is 1. The van der Waals surface area contributed by atoms with Crippen molar-refractivity contribution < 1.29 is 18.3 Å². The zero-order valence-corrected chi connectivity index (χ0v) is 10.5. The molecule has 0 heterocycles. The minimum atomic E-state index is -1.51. The van der Waals surface area contributed by atoms with Gasteiger partial charge in [0.25, 0.3) is 0 Å². The highest BCUT2D eigenvalue weighted by atomic mass is 19.2. The maximum Gasteiger partial charge on any atom is 0.194 e. The summed E-state index contributed by atoms with van der Waals surface area (Å²) in [6.07, 6.45) is 2.07. The summed E-state index contributed by atoms with van der Waals surface area (Å²) in [6.45, 7) is 3.78. The third-order valence-corrected chi connectivity index (χ3v) is 4.07. The first-order valence-corrected chi connectivity index (χ1v) is 6.22. The van der Waals surface area contributed by atoms with Crippen molar-refractivity contribution in [1.82, 2.24) is 0 Å². The Morgan fingerprint density at radius 2 is 1.78 bits per heavy atom. The molecule has 1 N–H and O–H groups in total. The molecule has 1 nitrogen and oxygen atoms in total. The summed E-state index contributed by atoms with van der Waals surface area (Å²) in [6, 6.07) is 2.03. The molecule has 1 saturated carbocycles. The molecule has 0 bridgehead atoms. The van der Waals surface area contributed by atoms with Crippen LogP contribution in [0.1, 0.15) is 38.7 Å². The topological polar surface area (TPSA) is 20.2 Å². The predicted molar refractivity (Wildman–Crippen MR) is 62.4 cm³/mol. The molecule has 0 radical (unpaired) electrons. The van der Waals surface area contributed by atoms with Gasteiger partial charge in [0.1, 0.15) is 0 Å². The fourth-order valence-corrected chi connectivity index (χ4v) is 2.84. The van der Waals surface area contributed by atoms with E-state index in [1.165, 1.54) is 0 Å². The Hall–Kier alpha value is -1.03. The monoisotopic (exact) mass is 258 g/mol. The minimum absolute atomic E-state index is 0.125. The van der Waals surface area contributed by atoms with Gasteiger partial charge in [0.15, 0.2) is 17.5 Å². The highest BCUT2D eigenvalue weighted by Gasteiger charge is 2.42. The maximum absolute atomic E-state index is 13.8. The van der Waals surface area contributed by atoms with Crippen molar-refractivity contribution in [1.29, 1.82) is 0 Å². The van der Waals surface area contributed by atoms with E-state index in [1.807, 2.05) is 13.8 Å². The van der Waals surface area contributed by atoms with Crippen LogP contribution in [-0.2, 0) is 5.60 Å². The first-order chi connectivity index (χ1) is 8.36. The highest BCUT2D eigenvalue weighted by Crippen LogP contribution is 2.44. The van der Waals surface area contributed by atoms with Crippen molar-refractivity contribution in [2.45, 2.75) is 38.7 Å². The molecule has 0 saturated heterocycles. The van der Waals surface area contributed by atoms with Crippen LogP contribution in [0.4, 0.5) is 13.2 Å². The van der Waals surface area contributed by atoms with Crippen molar-refractivity contribution in [2.24, 2.45) is 11.8 Å². The second-order valence-electron chi connectivity index (χ2n) is 5.43. The van der Waals surface area contributed by atoms with Crippen LogP contribution in [0.5, 0.6) is 0 Å². The lowest BCUT2D eigenvalue weighted by molar-refractivity contribution is -0.0656. The molecule has 0 spiro atoms. The lowest BCUT2D eigenvalue weighted by atomic mass is 9.68. The van der Waals surface area contributed by atoms with E-state index in [0.717, 1.165) is 25.0 Å². The molecule has 1 aromatic rings. The fourth-order valence-electron chi connectivity index (χ4n) is 2.84. The van der Waals surface area contributed by atoms with Crippen LogP contribution < -0.4 is 0 Å². The molecule has 0 amide bonds. The van der Waals surface area contributed by atoms with E-state index in [1.54, 1.807) is 0 Å². The molecule has 1 fully saturated rings. The van der Waals surface area contributed by atoms with E-state index in [9.17, 15) is 18.3 Å². The Morgan fingerprint density at radius 3 is 2.44 bits per heavy atom. The number of rotatable bonds is 1. The number of aliphatic hydroxyl groups is 1. The summed E-state index contributed by atoms with van der Waals surface area (Å²) >= 11 is 0. The van der Waals surface area contributed by atoms with E-state index in [-0.39, 0.29) is 17.4 Å². The van der Waals surface area contributed by atoms with Crippen LogP contribution in [0.25, 0.3) is 0 Å².